The Balaban J connectivity index is 2.51. The van der Waals surface area contributed by atoms with Crippen molar-refractivity contribution in [1.82, 2.24) is 5.32 Å². The normalized spacial score (nSPS) is 14.1. The number of nitrogens with one attached hydrogen (secondary N) is 1. The van der Waals surface area contributed by atoms with Gasteiger partial charge in [0.1, 0.15) is 0 Å². The number of hydrogen-bond acceptors (Lipinski definition) is 2. The number of thioether (sulfide) groups is 1. The molecule has 1 aromatic carbocycles. The molecule has 20 heavy (non-hydrogen) atoms. The van der Waals surface area contributed by atoms with Gasteiger partial charge in [-0.05, 0) is 31.4 Å². The first kappa shape index (κ1) is 17.7. The second-order valence-corrected chi connectivity index (χ2v) is 7.42. The molecule has 1 aromatic rings. The molecule has 0 heterocycles. The van der Waals surface area contributed by atoms with Crippen molar-refractivity contribution >= 4 is 40.9 Å². The average molecular weight is 334 g/mol. The minimum Gasteiger partial charge on any atom is -0.350 e. The molecule has 0 saturated carbocycles. The molecule has 1 unspecified atom stereocenters. The summed E-state index contributed by atoms with van der Waals surface area (Å²) in [6, 6.07) is 7.92. The smallest absolute Gasteiger partial charge is 0.248 e. The Morgan fingerprint density at radius 1 is 1.30 bits per heavy atom. The third-order valence-corrected chi connectivity index (χ3v) is 4.56. The second kappa shape index (κ2) is 8.81. The largest absolute Gasteiger partial charge is 0.350 e. The van der Waals surface area contributed by atoms with E-state index in [1.807, 2.05) is 31.2 Å². The summed E-state index contributed by atoms with van der Waals surface area (Å²) in [5.41, 5.74) is 1.18. The van der Waals surface area contributed by atoms with E-state index in [1.165, 1.54) is 17.3 Å². The summed E-state index contributed by atoms with van der Waals surface area (Å²) < 4.78 is -0.643. The average Bonchev–Trinajstić information content (AvgIpc) is 2.39. The van der Waals surface area contributed by atoms with Crippen LogP contribution in [0.5, 0.6) is 0 Å². The number of carbonyl (C=O) groups is 1. The maximum absolute atomic E-state index is 12.0. The van der Waals surface area contributed by atoms with Crippen LogP contribution >= 0.6 is 35.0 Å². The van der Waals surface area contributed by atoms with E-state index in [9.17, 15) is 4.79 Å². The van der Waals surface area contributed by atoms with E-state index in [-0.39, 0.29) is 11.9 Å². The first-order valence-corrected chi connectivity index (χ1v) is 8.51. The molecule has 1 amide bonds. The zero-order chi connectivity index (χ0) is 15.1. The third-order valence-electron chi connectivity index (χ3n) is 2.76. The molecule has 5 heteroatoms. The molecule has 0 radical (unpaired) electrons. The van der Waals surface area contributed by atoms with Crippen molar-refractivity contribution in [3.05, 3.63) is 29.8 Å². The van der Waals surface area contributed by atoms with Crippen molar-refractivity contribution in [2.45, 2.75) is 42.8 Å². The predicted octanol–water partition coefficient (Wildman–Crippen LogP) is 4.42. The number of alkyl halides is 2. The van der Waals surface area contributed by atoms with Crippen LogP contribution in [0.1, 0.15) is 25.8 Å². The number of amides is 1. The van der Waals surface area contributed by atoms with Gasteiger partial charge in [-0.3, -0.25) is 4.79 Å². The number of rotatable bonds is 7. The minimum absolute atomic E-state index is 0.0240. The van der Waals surface area contributed by atoms with Crippen molar-refractivity contribution in [3.8, 4) is 0 Å². The van der Waals surface area contributed by atoms with Crippen LogP contribution in [0.15, 0.2) is 29.2 Å². The lowest BCUT2D eigenvalue weighted by molar-refractivity contribution is -0.119. The van der Waals surface area contributed by atoms with E-state index in [0.29, 0.717) is 11.8 Å². The van der Waals surface area contributed by atoms with Gasteiger partial charge in [-0.1, -0.05) is 54.9 Å². The number of benzene rings is 1. The highest BCUT2D eigenvalue weighted by atomic mass is 35.5. The van der Waals surface area contributed by atoms with Crippen LogP contribution in [0.2, 0.25) is 0 Å². The van der Waals surface area contributed by atoms with Crippen LogP contribution in [0.4, 0.5) is 0 Å². The number of carbonyl (C=O) groups excluding carboxylic acids is 1. The van der Waals surface area contributed by atoms with Gasteiger partial charge in [0.05, 0.1) is 0 Å². The molecule has 2 nitrogen and oxygen atoms in total. The molecule has 0 bridgehead atoms. The van der Waals surface area contributed by atoms with Crippen molar-refractivity contribution in [1.29, 1.82) is 0 Å². The quantitative estimate of drug-likeness (QED) is 0.591. The summed E-state index contributed by atoms with van der Waals surface area (Å²) in [5, 5.41) is 2.91. The highest BCUT2D eigenvalue weighted by Crippen LogP contribution is 2.26. The summed E-state index contributed by atoms with van der Waals surface area (Å²) in [6.45, 7) is 6.23. The fraction of sp³-hybridized carbons (Fsp3) is 0.533. The lowest BCUT2D eigenvalue weighted by Crippen LogP contribution is -2.40. The van der Waals surface area contributed by atoms with Gasteiger partial charge in [0, 0.05) is 16.8 Å². The van der Waals surface area contributed by atoms with E-state index in [2.05, 4.69) is 19.2 Å². The minimum atomic E-state index is -0.643. The van der Waals surface area contributed by atoms with E-state index in [4.69, 9.17) is 23.2 Å². The van der Waals surface area contributed by atoms with Crippen LogP contribution in [0, 0.1) is 12.8 Å². The predicted molar refractivity (Wildman–Crippen MR) is 88.8 cm³/mol. The van der Waals surface area contributed by atoms with Crippen molar-refractivity contribution < 1.29 is 4.79 Å². The van der Waals surface area contributed by atoms with Gasteiger partial charge in [0.25, 0.3) is 0 Å². The summed E-state index contributed by atoms with van der Waals surface area (Å²) in [6.07, 6.45) is 0.855. The summed E-state index contributed by atoms with van der Waals surface area (Å²) in [7, 11) is 0. The Kier molecular flexibility index (Phi) is 7.78. The highest BCUT2D eigenvalue weighted by molar-refractivity contribution is 8.01. The van der Waals surface area contributed by atoms with Gasteiger partial charge in [-0.25, -0.2) is 0 Å². The Bertz CT molecular complexity index is 422. The van der Waals surface area contributed by atoms with Crippen LogP contribution in [0.3, 0.4) is 0 Å². The van der Waals surface area contributed by atoms with Crippen molar-refractivity contribution in [2.24, 2.45) is 5.92 Å². The lowest BCUT2D eigenvalue weighted by Gasteiger charge is -2.19. The van der Waals surface area contributed by atoms with Gasteiger partial charge in [0.2, 0.25) is 5.91 Å². The molecule has 1 N–H and O–H groups in total. The molecule has 0 spiro atoms. The van der Waals surface area contributed by atoms with Gasteiger partial charge in [-0.2, -0.15) is 0 Å². The van der Waals surface area contributed by atoms with Gasteiger partial charge in [0.15, 0.2) is 4.71 Å². The Hall–Kier alpha value is -0.380. The number of halogens is 2. The maximum Gasteiger partial charge on any atom is 0.248 e. The van der Waals surface area contributed by atoms with E-state index >= 15 is 0 Å². The molecular formula is C15H21Cl2NOS. The molecule has 0 aliphatic heterocycles. The fourth-order valence-electron chi connectivity index (χ4n) is 1.79. The first-order chi connectivity index (χ1) is 9.42. The second-order valence-electron chi connectivity index (χ2n) is 5.24. The SMILES string of the molecule is Cc1ccc(SC(Cl)C(=O)N[C@H](CCl)CC(C)C)cc1. The lowest BCUT2D eigenvalue weighted by atomic mass is 10.1. The van der Waals surface area contributed by atoms with Crippen LogP contribution in [-0.4, -0.2) is 22.5 Å². The fourth-order valence-corrected chi connectivity index (χ4v) is 3.07. The molecular weight excluding hydrogens is 313 g/mol. The zero-order valence-electron chi connectivity index (χ0n) is 12.0. The van der Waals surface area contributed by atoms with E-state index in [1.54, 1.807) is 0 Å². The molecule has 0 aromatic heterocycles. The molecule has 112 valence electrons. The topological polar surface area (TPSA) is 29.1 Å². The van der Waals surface area contributed by atoms with E-state index in [0.717, 1.165) is 11.3 Å². The van der Waals surface area contributed by atoms with Crippen LogP contribution < -0.4 is 5.32 Å². The van der Waals surface area contributed by atoms with Gasteiger partial charge >= 0.3 is 0 Å². The van der Waals surface area contributed by atoms with Crippen molar-refractivity contribution in [3.63, 3.8) is 0 Å². The molecule has 0 fully saturated rings. The Morgan fingerprint density at radius 3 is 2.40 bits per heavy atom. The summed E-state index contributed by atoms with van der Waals surface area (Å²) >= 11 is 13.4. The molecule has 0 aliphatic carbocycles. The molecule has 0 aliphatic rings. The van der Waals surface area contributed by atoms with Crippen LogP contribution in [0.25, 0.3) is 0 Å². The van der Waals surface area contributed by atoms with Gasteiger partial charge in [-0.15, -0.1) is 11.6 Å². The number of aryl methyl sites for hydroxylation is 1. The van der Waals surface area contributed by atoms with Crippen molar-refractivity contribution in [2.75, 3.05) is 5.88 Å². The first-order valence-electron chi connectivity index (χ1n) is 6.66. The molecule has 0 saturated heterocycles. The Labute approximate surface area is 135 Å². The van der Waals surface area contributed by atoms with E-state index < -0.39 is 4.71 Å². The maximum atomic E-state index is 12.0. The molecule has 2 atom stereocenters. The van der Waals surface area contributed by atoms with Gasteiger partial charge < -0.3 is 5.32 Å². The highest BCUT2D eigenvalue weighted by Gasteiger charge is 2.20. The summed E-state index contributed by atoms with van der Waals surface area (Å²) in [5.74, 6) is 0.712. The van der Waals surface area contributed by atoms with Crippen LogP contribution in [-0.2, 0) is 4.79 Å². The molecule has 1 rings (SSSR count). The summed E-state index contributed by atoms with van der Waals surface area (Å²) in [4.78, 5) is 13.0. The Morgan fingerprint density at radius 2 is 1.90 bits per heavy atom. The third kappa shape index (κ3) is 6.38. The number of hydrogen-bond donors (Lipinski definition) is 1. The monoisotopic (exact) mass is 333 g/mol. The zero-order valence-corrected chi connectivity index (χ0v) is 14.4. The standard InChI is InChI=1S/C15H21Cl2NOS/c1-10(2)8-12(9-16)18-15(19)14(17)20-13-6-4-11(3)5-7-13/h4-7,10,12,14H,8-9H2,1-3H3,(H,18,19)/t12-,14?/m0/s1.